The standard InChI is InChI=1S/C24H56O8Si6/c1-21(33(29-35(3,4)5)30-36(6,7)8)17-19-27-23(25)15-16-24(26)28-20-18-22(2)34(31-37(9,10)11)32-38(12,13)14/h15-16,21-22,33-34H,17-20H2,1-14H3. The quantitative estimate of drug-likeness (QED) is 0.102. The zero-order valence-corrected chi connectivity index (χ0v) is 32.9. The minimum Gasteiger partial charge on any atom is -0.463 e. The lowest BCUT2D eigenvalue weighted by molar-refractivity contribution is -0.140. The maximum atomic E-state index is 12.1. The number of hydrogen-bond donors (Lipinski definition) is 0. The van der Waals surface area contributed by atoms with Gasteiger partial charge >= 0.3 is 30.5 Å². The number of carbonyl (C=O) groups is 2. The summed E-state index contributed by atoms with van der Waals surface area (Å²) in [5, 5.41) is 0. The molecule has 0 radical (unpaired) electrons. The van der Waals surface area contributed by atoms with Crippen LogP contribution >= 0.6 is 0 Å². The summed E-state index contributed by atoms with van der Waals surface area (Å²) < 4.78 is 36.2. The van der Waals surface area contributed by atoms with Crippen molar-refractivity contribution in [1.82, 2.24) is 0 Å². The third kappa shape index (κ3) is 21.6. The van der Waals surface area contributed by atoms with Crippen LogP contribution in [0.2, 0.25) is 89.6 Å². The molecule has 0 aliphatic carbocycles. The van der Waals surface area contributed by atoms with Crippen molar-refractivity contribution in [3.05, 3.63) is 12.2 Å². The molecule has 0 aliphatic heterocycles. The van der Waals surface area contributed by atoms with Gasteiger partial charge in [-0.1, -0.05) is 13.8 Å². The summed E-state index contributed by atoms with van der Waals surface area (Å²) in [6.07, 6.45) is 3.58. The second kappa shape index (κ2) is 16.3. The SMILES string of the molecule is CC(CCOC(=O)C=CC(=O)OCCC(C)[SiH](O[Si](C)(C)C)O[Si](C)(C)C)[SiH](O[Si](C)(C)C)O[Si](C)(C)C. The summed E-state index contributed by atoms with van der Waals surface area (Å²) in [5.41, 5.74) is 0.416. The van der Waals surface area contributed by atoms with Crippen molar-refractivity contribution in [2.24, 2.45) is 0 Å². The average Bonchev–Trinajstić information content (AvgIpc) is 2.66. The molecular weight excluding hydrogens is 585 g/mol. The molecule has 14 heteroatoms. The van der Waals surface area contributed by atoms with E-state index in [1.54, 1.807) is 0 Å². The van der Waals surface area contributed by atoms with Gasteiger partial charge in [0.1, 0.15) is 0 Å². The third-order valence-electron chi connectivity index (χ3n) is 4.80. The van der Waals surface area contributed by atoms with Crippen LogP contribution in [0.1, 0.15) is 26.7 Å². The Morgan fingerprint density at radius 1 is 0.553 bits per heavy atom. The Kier molecular flexibility index (Phi) is 16.2. The van der Waals surface area contributed by atoms with E-state index in [1.807, 2.05) is 0 Å². The van der Waals surface area contributed by atoms with Gasteiger partial charge in [0.15, 0.2) is 33.3 Å². The molecule has 2 atom stereocenters. The average molecular weight is 641 g/mol. The molecule has 0 N–H and O–H groups in total. The van der Waals surface area contributed by atoms with Gasteiger partial charge in [0, 0.05) is 12.2 Å². The molecule has 0 fully saturated rings. The molecule has 0 aromatic carbocycles. The number of rotatable bonds is 18. The predicted octanol–water partition coefficient (Wildman–Crippen LogP) is 6.04. The van der Waals surface area contributed by atoms with E-state index in [1.165, 1.54) is 0 Å². The molecule has 0 aliphatic rings. The fourth-order valence-corrected chi connectivity index (χ4v) is 20.0. The smallest absolute Gasteiger partial charge is 0.331 e. The highest BCUT2D eigenvalue weighted by molar-refractivity contribution is 6.82. The van der Waals surface area contributed by atoms with E-state index in [-0.39, 0.29) is 24.3 Å². The van der Waals surface area contributed by atoms with Crippen LogP contribution in [0.3, 0.4) is 0 Å². The first-order chi connectivity index (χ1) is 17.0. The fourth-order valence-electron chi connectivity index (χ4n) is 3.10. The lowest BCUT2D eigenvalue weighted by atomic mass is 10.3. The van der Waals surface area contributed by atoms with Gasteiger partial charge in [-0.3, -0.25) is 0 Å². The van der Waals surface area contributed by atoms with E-state index in [0.717, 1.165) is 12.2 Å². The fraction of sp³-hybridized carbons (Fsp3) is 0.833. The second-order valence-corrected chi connectivity index (χ2v) is 38.3. The van der Waals surface area contributed by atoms with Crippen LogP contribution < -0.4 is 0 Å². The zero-order valence-electron chi connectivity index (χ0n) is 26.6. The van der Waals surface area contributed by atoms with Crippen molar-refractivity contribution in [2.45, 2.75) is 116 Å². The van der Waals surface area contributed by atoms with Gasteiger partial charge in [0.05, 0.1) is 13.2 Å². The Balaban J connectivity index is 4.63. The highest BCUT2D eigenvalue weighted by Gasteiger charge is 2.34. The minimum atomic E-state index is -1.90. The number of hydrogen-bond acceptors (Lipinski definition) is 8. The number of carbonyl (C=O) groups excluding carboxylic acids is 2. The van der Waals surface area contributed by atoms with Gasteiger partial charge < -0.3 is 25.9 Å². The van der Waals surface area contributed by atoms with Crippen molar-refractivity contribution in [2.75, 3.05) is 13.2 Å². The van der Waals surface area contributed by atoms with Crippen molar-refractivity contribution in [3.8, 4) is 0 Å². The first-order valence-corrected chi connectivity index (χ1v) is 30.6. The molecule has 0 saturated carbocycles. The van der Waals surface area contributed by atoms with Crippen LogP contribution in [0.5, 0.6) is 0 Å². The third-order valence-corrected chi connectivity index (χ3v) is 22.4. The molecule has 0 amide bonds. The van der Waals surface area contributed by atoms with Gasteiger partial charge in [-0.25, -0.2) is 9.59 Å². The molecule has 8 nitrogen and oxygen atoms in total. The van der Waals surface area contributed by atoms with E-state index >= 15 is 0 Å². The summed E-state index contributed by atoms with van der Waals surface area (Å²) in [7, 11) is -10.7. The summed E-state index contributed by atoms with van der Waals surface area (Å²) in [4.78, 5) is 24.2. The molecule has 0 aromatic heterocycles. The normalized spacial score (nSPS) is 15.3. The molecule has 0 spiro atoms. The van der Waals surface area contributed by atoms with Gasteiger partial charge in [-0.05, 0) is 102 Å². The first-order valence-electron chi connectivity index (χ1n) is 13.7. The Morgan fingerprint density at radius 3 is 1.00 bits per heavy atom. The summed E-state index contributed by atoms with van der Waals surface area (Å²) in [6, 6.07) is 0. The monoisotopic (exact) mass is 640 g/mol. The van der Waals surface area contributed by atoms with E-state index in [0.29, 0.717) is 12.8 Å². The maximum absolute atomic E-state index is 12.1. The van der Waals surface area contributed by atoms with Crippen LogP contribution in [0, 0.1) is 0 Å². The van der Waals surface area contributed by atoms with Gasteiger partial charge in [0.2, 0.25) is 0 Å². The van der Waals surface area contributed by atoms with E-state index < -0.39 is 63.8 Å². The Hall–Kier alpha value is -0.179. The largest absolute Gasteiger partial charge is 0.463 e. The number of esters is 2. The Bertz CT molecular complexity index is 659. The van der Waals surface area contributed by atoms with Crippen LogP contribution in [0.4, 0.5) is 0 Å². The van der Waals surface area contributed by atoms with E-state index in [2.05, 4.69) is 92.4 Å². The Labute approximate surface area is 240 Å². The van der Waals surface area contributed by atoms with Gasteiger partial charge in [-0.2, -0.15) is 0 Å². The van der Waals surface area contributed by atoms with Crippen LogP contribution in [0.15, 0.2) is 12.2 Å². The topological polar surface area (TPSA) is 89.5 Å². The van der Waals surface area contributed by atoms with Crippen molar-refractivity contribution in [3.63, 3.8) is 0 Å². The summed E-state index contributed by atoms with van der Waals surface area (Å²) >= 11 is 0. The molecule has 0 heterocycles. The lowest BCUT2D eigenvalue weighted by Crippen LogP contribution is -2.45. The molecule has 0 rings (SSSR count). The zero-order chi connectivity index (χ0) is 29.9. The van der Waals surface area contributed by atoms with Crippen LogP contribution in [0.25, 0.3) is 0 Å². The summed E-state index contributed by atoms with van der Waals surface area (Å²) in [5.74, 6) is -1.12. The van der Waals surface area contributed by atoms with Crippen molar-refractivity contribution in [1.29, 1.82) is 0 Å². The molecule has 0 bridgehead atoms. The second-order valence-electron chi connectivity index (χ2n) is 13.9. The number of ether oxygens (including phenoxy) is 2. The highest BCUT2D eigenvalue weighted by atomic mass is 28.5. The summed E-state index contributed by atoms with van der Waals surface area (Å²) in [6.45, 7) is 30.7. The molecule has 2 unspecified atom stereocenters. The van der Waals surface area contributed by atoms with E-state index in [9.17, 15) is 9.59 Å². The lowest BCUT2D eigenvalue weighted by Gasteiger charge is -2.34. The molecule has 224 valence electrons. The molecular formula is C24H56O8Si6. The van der Waals surface area contributed by atoms with Crippen molar-refractivity contribution < 1.29 is 35.5 Å². The minimum absolute atomic E-state index is 0.208. The van der Waals surface area contributed by atoms with Crippen molar-refractivity contribution >= 4 is 63.8 Å². The van der Waals surface area contributed by atoms with Gasteiger partial charge in [-0.15, -0.1) is 0 Å². The van der Waals surface area contributed by atoms with Crippen LogP contribution in [-0.4, -0.2) is 77.0 Å². The van der Waals surface area contributed by atoms with Crippen LogP contribution in [-0.2, 0) is 35.5 Å². The highest BCUT2D eigenvalue weighted by Crippen LogP contribution is 2.24. The predicted molar refractivity (Wildman–Crippen MR) is 171 cm³/mol. The Morgan fingerprint density at radius 2 is 0.789 bits per heavy atom. The first kappa shape index (κ1) is 37.8. The maximum Gasteiger partial charge on any atom is 0.331 e. The van der Waals surface area contributed by atoms with E-state index in [4.69, 9.17) is 25.9 Å². The molecule has 0 saturated heterocycles. The molecule has 38 heavy (non-hydrogen) atoms. The molecule has 0 aromatic rings. The van der Waals surface area contributed by atoms with Gasteiger partial charge in [0.25, 0.3) is 0 Å².